The number of likely N-dealkylation sites (tertiary alicyclic amines) is 1. The summed E-state index contributed by atoms with van der Waals surface area (Å²) in [5.74, 6) is 0.596. The van der Waals surface area contributed by atoms with Crippen molar-refractivity contribution in [1.29, 1.82) is 0 Å². The van der Waals surface area contributed by atoms with Gasteiger partial charge in [0.25, 0.3) is 5.56 Å². The number of aromatic nitrogens is 3. The highest BCUT2D eigenvalue weighted by Crippen LogP contribution is 2.18. The third-order valence-corrected chi connectivity index (χ3v) is 4.31. The molecule has 2 aromatic rings. The number of hydrogen-bond acceptors (Lipinski definition) is 5. The van der Waals surface area contributed by atoms with Gasteiger partial charge in [0.1, 0.15) is 0 Å². The summed E-state index contributed by atoms with van der Waals surface area (Å²) in [6, 6.07) is 5.25. The number of amides is 1. The second kappa shape index (κ2) is 6.82. The third kappa shape index (κ3) is 3.45. The Hall–Kier alpha value is -2.70. The number of nitrogens with zero attached hydrogens (tertiary/aromatic N) is 4. The molecule has 126 valence electrons. The van der Waals surface area contributed by atoms with Gasteiger partial charge in [-0.2, -0.15) is 0 Å². The van der Waals surface area contributed by atoms with Crippen molar-refractivity contribution in [3.05, 3.63) is 40.9 Å². The number of carbonyl (C=O) groups excluding carboxylic acids is 1. The lowest BCUT2D eigenvalue weighted by Gasteiger charge is -2.33. The minimum absolute atomic E-state index is 0.0777. The third-order valence-electron chi connectivity index (χ3n) is 4.31. The maximum Gasteiger partial charge on any atom is 0.255 e. The van der Waals surface area contributed by atoms with Gasteiger partial charge in [-0.05, 0) is 25.0 Å². The number of piperidine rings is 1. The molecule has 0 aliphatic carbocycles. The van der Waals surface area contributed by atoms with E-state index in [4.69, 9.17) is 0 Å². The molecule has 1 atom stereocenters. The average Bonchev–Trinajstić information content (AvgIpc) is 2.59. The number of hydrogen-bond donors (Lipinski definition) is 1. The van der Waals surface area contributed by atoms with E-state index in [1.54, 1.807) is 26.4 Å². The molecule has 1 N–H and O–H groups in total. The van der Waals surface area contributed by atoms with Crippen LogP contribution in [0.3, 0.4) is 0 Å². The standard InChI is InChI=1S/C17H21N5O2/c1-12(23)22-9-3-4-14(11-22)19-17-20-15(10-16(24)21(17)2)13-5-7-18-8-6-13/h5-8,10,14H,3-4,9,11H2,1-2H3,(H,19,20). The highest BCUT2D eigenvalue weighted by molar-refractivity contribution is 5.73. The van der Waals surface area contributed by atoms with Crippen molar-refractivity contribution >= 4 is 11.9 Å². The zero-order valence-corrected chi connectivity index (χ0v) is 13.9. The Kier molecular flexibility index (Phi) is 4.59. The van der Waals surface area contributed by atoms with E-state index in [1.807, 2.05) is 17.0 Å². The van der Waals surface area contributed by atoms with E-state index < -0.39 is 0 Å². The van der Waals surface area contributed by atoms with E-state index in [0.717, 1.165) is 24.9 Å². The molecule has 1 amide bonds. The highest BCUT2D eigenvalue weighted by atomic mass is 16.2. The van der Waals surface area contributed by atoms with Crippen LogP contribution in [0.2, 0.25) is 0 Å². The first-order valence-electron chi connectivity index (χ1n) is 8.05. The summed E-state index contributed by atoms with van der Waals surface area (Å²) in [7, 11) is 1.69. The Balaban J connectivity index is 1.86. The zero-order chi connectivity index (χ0) is 17.1. The maximum atomic E-state index is 12.3. The number of anilines is 1. The van der Waals surface area contributed by atoms with Crippen LogP contribution in [0.4, 0.5) is 5.95 Å². The summed E-state index contributed by atoms with van der Waals surface area (Å²) in [5.41, 5.74) is 1.33. The van der Waals surface area contributed by atoms with Crippen LogP contribution in [0.25, 0.3) is 11.3 Å². The van der Waals surface area contributed by atoms with Gasteiger partial charge in [0, 0.05) is 57.1 Å². The molecule has 0 spiro atoms. The number of carbonyl (C=O) groups is 1. The molecule has 1 saturated heterocycles. The number of pyridine rings is 1. The van der Waals surface area contributed by atoms with Gasteiger partial charge < -0.3 is 10.2 Å². The topological polar surface area (TPSA) is 80.1 Å². The van der Waals surface area contributed by atoms with E-state index in [2.05, 4.69) is 15.3 Å². The lowest BCUT2D eigenvalue weighted by molar-refractivity contribution is -0.129. The molecule has 1 aliphatic heterocycles. The minimum Gasteiger partial charge on any atom is -0.351 e. The van der Waals surface area contributed by atoms with Crippen LogP contribution in [0.1, 0.15) is 19.8 Å². The van der Waals surface area contributed by atoms with Crippen LogP contribution >= 0.6 is 0 Å². The molecule has 2 aromatic heterocycles. The van der Waals surface area contributed by atoms with E-state index in [9.17, 15) is 9.59 Å². The first-order valence-corrected chi connectivity index (χ1v) is 8.05. The monoisotopic (exact) mass is 327 g/mol. The molecule has 7 nitrogen and oxygen atoms in total. The average molecular weight is 327 g/mol. The predicted molar refractivity (Wildman–Crippen MR) is 91.6 cm³/mol. The molecule has 3 rings (SSSR count). The first kappa shape index (κ1) is 16.2. The Morgan fingerprint density at radius 3 is 2.79 bits per heavy atom. The molecule has 0 bridgehead atoms. The van der Waals surface area contributed by atoms with Crippen LogP contribution < -0.4 is 10.9 Å². The van der Waals surface area contributed by atoms with Gasteiger partial charge in [-0.25, -0.2) is 4.98 Å². The SMILES string of the molecule is CC(=O)N1CCCC(Nc2nc(-c3ccncc3)cc(=O)n2C)C1. The molecular weight excluding hydrogens is 306 g/mol. The van der Waals surface area contributed by atoms with Gasteiger partial charge in [0.05, 0.1) is 5.69 Å². The quantitative estimate of drug-likeness (QED) is 0.918. The molecule has 3 heterocycles. The van der Waals surface area contributed by atoms with Gasteiger partial charge >= 0.3 is 0 Å². The van der Waals surface area contributed by atoms with E-state index in [-0.39, 0.29) is 17.5 Å². The summed E-state index contributed by atoms with van der Waals surface area (Å²) in [6.07, 6.45) is 5.23. The molecule has 24 heavy (non-hydrogen) atoms. The molecule has 0 radical (unpaired) electrons. The summed E-state index contributed by atoms with van der Waals surface area (Å²) < 4.78 is 1.50. The predicted octanol–water partition coefficient (Wildman–Crippen LogP) is 1.27. The molecule has 0 saturated carbocycles. The lowest BCUT2D eigenvalue weighted by atomic mass is 10.1. The van der Waals surface area contributed by atoms with Crippen molar-refractivity contribution < 1.29 is 4.79 Å². The Bertz CT molecular complexity index is 787. The van der Waals surface area contributed by atoms with Crippen LogP contribution in [0, 0.1) is 0 Å². The normalized spacial score (nSPS) is 17.6. The zero-order valence-electron chi connectivity index (χ0n) is 13.9. The Morgan fingerprint density at radius 2 is 2.08 bits per heavy atom. The fourth-order valence-electron chi connectivity index (χ4n) is 2.90. The van der Waals surface area contributed by atoms with Gasteiger partial charge in [-0.3, -0.25) is 19.1 Å². The van der Waals surface area contributed by atoms with Gasteiger partial charge in [0.2, 0.25) is 11.9 Å². The van der Waals surface area contributed by atoms with Crippen LogP contribution in [0.15, 0.2) is 35.4 Å². The molecule has 0 aromatic carbocycles. The fourth-order valence-corrected chi connectivity index (χ4v) is 2.90. The second-order valence-electron chi connectivity index (χ2n) is 6.05. The van der Waals surface area contributed by atoms with Crippen LogP contribution in [-0.4, -0.2) is 44.5 Å². The molecular formula is C17H21N5O2. The van der Waals surface area contributed by atoms with Gasteiger partial charge in [-0.1, -0.05) is 0 Å². The number of rotatable bonds is 3. The Labute approximate surface area is 140 Å². The van der Waals surface area contributed by atoms with Gasteiger partial charge in [0.15, 0.2) is 0 Å². The van der Waals surface area contributed by atoms with Crippen molar-refractivity contribution in [2.45, 2.75) is 25.8 Å². The summed E-state index contributed by atoms with van der Waals surface area (Å²) in [5, 5.41) is 3.33. The van der Waals surface area contributed by atoms with E-state index in [1.165, 1.54) is 10.6 Å². The van der Waals surface area contributed by atoms with E-state index in [0.29, 0.717) is 18.2 Å². The minimum atomic E-state index is -0.126. The molecule has 1 aliphatic rings. The molecule has 1 unspecified atom stereocenters. The molecule has 7 heteroatoms. The lowest BCUT2D eigenvalue weighted by Crippen LogP contribution is -2.45. The number of nitrogens with one attached hydrogen (secondary N) is 1. The summed E-state index contributed by atoms with van der Waals surface area (Å²) in [4.78, 5) is 34.2. The molecule has 1 fully saturated rings. The van der Waals surface area contributed by atoms with Crippen molar-refractivity contribution in [2.75, 3.05) is 18.4 Å². The van der Waals surface area contributed by atoms with Crippen LogP contribution in [-0.2, 0) is 11.8 Å². The van der Waals surface area contributed by atoms with Crippen molar-refractivity contribution in [1.82, 2.24) is 19.4 Å². The summed E-state index contributed by atoms with van der Waals surface area (Å²) in [6.45, 7) is 3.00. The van der Waals surface area contributed by atoms with Crippen molar-refractivity contribution in [3.63, 3.8) is 0 Å². The first-order chi connectivity index (χ1) is 11.5. The van der Waals surface area contributed by atoms with Crippen LogP contribution in [0.5, 0.6) is 0 Å². The largest absolute Gasteiger partial charge is 0.351 e. The van der Waals surface area contributed by atoms with Crippen molar-refractivity contribution in [2.24, 2.45) is 7.05 Å². The second-order valence-corrected chi connectivity index (χ2v) is 6.05. The van der Waals surface area contributed by atoms with Gasteiger partial charge in [-0.15, -0.1) is 0 Å². The summed E-state index contributed by atoms with van der Waals surface area (Å²) >= 11 is 0. The highest BCUT2D eigenvalue weighted by Gasteiger charge is 2.22. The Morgan fingerprint density at radius 1 is 1.33 bits per heavy atom. The maximum absolute atomic E-state index is 12.3. The fraction of sp³-hybridized carbons (Fsp3) is 0.412. The van der Waals surface area contributed by atoms with Crippen molar-refractivity contribution in [3.8, 4) is 11.3 Å². The van der Waals surface area contributed by atoms with E-state index >= 15 is 0 Å². The smallest absolute Gasteiger partial charge is 0.255 e.